The highest BCUT2D eigenvalue weighted by Gasteiger charge is 2.33. The topological polar surface area (TPSA) is 59.6 Å². The number of piperazine rings is 1. The Bertz CT molecular complexity index is 761. The van der Waals surface area contributed by atoms with Crippen molar-refractivity contribution in [3.8, 4) is 0 Å². The Kier molecular flexibility index (Phi) is 4.52. The van der Waals surface area contributed by atoms with Gasteiger partial charge in [-0.2, -0.15) is 0 Å². The van der Waals surface area contributed by atoms with Crippen LogP contribution in [0.15, 0.2) is 24.4 Å². The van der Waals surface area contributed by atoms with E-state index < -0.39 is 0 Å². The Morgan fingerprint density at radius 1 is 1.24 bits per heavy atom. The van der Waals surface area contributed by atoms with Gasteiger partial charge in [-0.05, 0) is 31.2 Å². The van der Waals surface area contributed by atoms with Crippen molar-refractivity contribution in [2.75, 3.05) is 26.2 Å². The number of fused-ring (bicyclic) bond motifs is 1. The minimum absolute atomic E-state index is 0.117. The van der Waals surface area contributed by atoms with E-state index in [1.54, 1.807) is 0 Å². The van der Waals surface area contributed by atoms with Gasteiger partial charge in [-0.1, -0.05) is 25.1 Å². The summed E-state index contributed by atoms with van der Waals surface area (Å²) >= 11 is 0. The molecule has 4 rings (SSSR count). The lowest BCUT2D eigenvalue weighted by molar-refractivity contribution is 0.0316. The number of hydrogen-bond acceptors (Lipinski definition) is 3. The van der Waals surface area contributed by atoms with Crippen molar-refractivity contribution >= 4 is 16.8 Å². The number of aromatic nitrogens is 1. The fourth-order valence-corrected chi connectivity index (χ4v) is 4.46. The molecule has 1 aliphatic heterocycles. The number of carbonyl (C=O) groups is 1. The molecule has 25 heavy (non-hydrogen) atoms. The summed E-state index contributed by atoms with van der Waals surface area (Å²) in [5, 5.41) is 11.1. The number of aliphatic hydroxyl groups excluding tert-OH is 1. The predicted molar refractivity (Wildman–Crippen MR) is 98.8 cm³/mol. The van der Waals surface area contributed by atoms with Crippen molar-refractivity contribution < 1.29 is 9.90 Å². The molecule has 2 aliphatic rings. The lowest BCUT2D eigenvalue weighted by Gasteiger charge is -2.39. The molecule has 1 aromatic heterocycles. The highest BCUT2D eigenvalue weighted by molar-refractivity contribution is 6.07. The largest absolute Gasteiger partial charge is 0.391 e. The van der Waals surface area contributed by atoms with Gasteiger partial charge in [-0.15, -0.1) is 0 Å². The van der Waals surface area contributed by atoms with Crippen molar-refractivity contribution in [2.24, 2.45) is 0 Å². The summed E-state index contributed by atoms with van der Waals surface area (Å²) in [6.07, 6.45) is 5.73. The second kappa shape index (κ2) is 6.81. The molecule has 0 unspecified atom stereocenters. The zero-order chi connectivity index (χ0) is 17.4. The Morgan fingerprint density at radius 2 is 2.04 bits per heavy atom. The van der Waals surface area contributed by atoms with Crippen molar-refractivity contribution in [1.29, 1.82) is 0 Å². The molecule has 134 valence electrons. The molecular formula is C20H27N3O2. The number of nitrogens with zero attached hydrogens (tertiary/aromatic N) is 2. The van der Waals surface area contributed by atoms with Crippen LogP contribution in [-0.2, 0) is 6.42 Å². The second-order valence-electron chi connectivity index (χ2n) is 7.29. The van der Waals surface area contributed by atoms with Gasteiger partial charge >= 0.3 is 0 Å². The van der Waals surface area contributed by atoms with Crippen LogP contribution < -0.4 is 0 Å². The molecule has 0 bridgehead atoms. The molecule has 2 N–H and O–H groups in total. The normalized spacial score (nSPS) is 25.0. The van der Waals surface area contributed by atoms with Crippen LogP contribution in [0.25, 0.3) is 10.9 Å². The van der Waals surface area contributed by atoms with Gasteiger partial charge in [0.25, 0.3) is 5.91 Å². The van der Waals surface area contributed by atoms with Gasteiger partial charge < -0.3 is 15.0 Å². The molecule has 2 atom stereocenters. The fourth-order valence-electron chi connectivity index (χ4n) is 4.46. The number of nitrogens with one attached hydrogen (secondary N) is 1. The minimum Gasteiger partial charge on any atom is -0.391 e. The summed E-state index contributed by atoms with van der Waals surface area (Å²) in [5.41, 5.74) is 3.11. The smallest absolute Gasteiger partial charge is 0.256 e. The van der Waals surface area contributed by atoms with E-state index in [9.17, 15) is 9.90 Å². The molecule has 1 aromatic carbocycles. The van der Waals surface area contributed by atoms with Crippen LogP contribution in [0, 0.1) is 0 Å². The number of carbonyl (C=O) groups excluding carboxylic acids is 1. The molecule has 1 saturated carbocycles. The van der Waals surface area contributed by atoms with E-state index in [0.29, 0.717) is 0 Å². The number of aliphatic hydroxyl groups is 1. The van der Waals surface area contributed by atoms with Crippen LogP contribution in [0.3, 0.4) is 0 Å². The summed E-state index contributed by atoms with van der Waals surface area (Å²) in [6, 6.07) is 6.46. The number of amides is 1. The average molecular weight is 341 g/mol. The molecule has 1 aliphatic carbocycles. The SMILES string of the molecule is CCc1cccc2c(C(=O)N3CCN([C@@H]4CCC[C@@H]4O)CC3)c[nH]c12. The van der Waals surface area contributed by atoms with Gasteiger partial charge in [-0.25, -0.2) is 0 Å². The van der Waals surface area contributed by atoms with Gasteiger partial charge in [-0.3, -0.25) is 9.69 Å². The first-order valence-electron chi connectivity index (χ1n) is 9.49. The van der Waals surface area contributed by atoms with Crippen molar-refractivity contribution in [1.82, 2.24) is 14.8 Å². The highest BCUT2D eigenvalue weighted by Crippen LogP contribution is 2.27. The lowest BCUT2D eigenvalue weighted by Crippen LogP contribution is -2.53. The molecule has 0 spiro atoms. The maximum Gasteiger partial charge on any atom is 0.256 e. The van der Waals surface area contributed by atoms with E-state index in [-0.39, 0.29) is 18.1 Å². The van der Waals surface area contributed by atoms with E-state index in [0.717, 1.165) is 68.3 Å². The third-order valence-electron chi connectivity index (χ3n) is 5.93. The number of rotatable bonds is 3. The fraction of sp³-hybridized carbons (Fsp3) is 0.550. The number of benzene rings is 1. The summed E-state index contributed by atoms with van der Waals surface area (Å²) in [7, 11) is 0. The Morgan fingerprint density at radius 3 is 2.72 bits per heavy atom. The Balaban J connectivity index is 1.48. The summed E-state index contributed by atoms with van der Waals surface area (Å²) in [6.45, 7) is 5.32. The molecule has 2 aromatic rings. The third-order valence-corrected chi connectivity index (χ3v) is 5.93. The van der Waals surface area contributed by atoms with Gasteiger partial charge in [0.2, 0.25) is 0 Å². The molecule has 5 nitrogen and oxygen atoms in total. The first kappa shape index (κ1) is 16.6. The van der Waals surface area contributed by atoms with Crippen LogP contribution in [0.4, 0.5) is 0 Å². The average Bonchev–Trinajstić information content (AvgIpc) is 3.27. The number of aromatic amines is 1. The van der Waals surface area contributed by atoms with Gasteiger partial charge in [0.1, 0.15) is 0 Å². The third kappa shape index (κ3) is 2.96. The first-order valence-corrected chi connectivity index (χ1v) is 9.49. The van der Waals surface area contributed by atoms with Crippen molar-refractivity contribution in [3.05, 3.63) is 35.5 Å². The number of hydrogen-bond donors (Lipinski definition) is 2. The van der Waals surface area contributed by atoms with Gasteiger partial charge in [0.05, 0.1) is 11.7 Å². The van der Waals surface area contributed by atoms with Crippen molar-refractivity contribution in [2.45, 2.75) is 44.8 Å². The minimum atomic E-state index is -0.191. The monoisotopic (exact) mass is 341 g/mol. The molecular weight excluding hydrogens is 314 g/mol. The highest BCUT2D eigenvalue weighted by atomic mass is 16.3. The lowest BCUT2D eigenvalue weighted by atomic mass is 10.1. The molecule has 1 amide bonds. The van der Waals surface area contributed by atoms with Crippen LogP contribution >= 0.6 is 0 Å². The summed E-state index contributed by atoms with van der Waals surface area (Å²) in [5.74, 6) is 0.117. The zero-order valence-corrected chi connectivity index (χ0v) is 14.9. The first-order chi connectivity index (χ1) is 12.2. The van der Waals surface area contributed by atoms with E-state index in [2.05, 4.69) is 22.9 Å². The quantitative estimate of drug-likeness (QED) is 0.901. The van der Waals surface area contributed by atoms with E-state index in [1.807, 2.05) is 23.2 Å². The van der Waals surface area contributed by atoms with Crippen LogP contribution in [0.2, 0.25) is 0 Å². The van der Waals surface area contributed by atoms with E-state index in [1.165, 1.54) is 5.56 Å². The second-order valence-corrected chi connectivity index (χ2v) is 7.29. The van der Waals surface area contributed by atoms with Crippen molar-refractivity contribution in [3.63, 3.8) is 0 Å². The Labute approximate surface area is 148 Å². The number of para-hydroxylation sites is 1. The van der Waals surface area contributed by atoms with Crippen LogP contribution in [0.1, 0.15) is 42.1 Å². The molecule has 0 radical (unpaired) electrons. The zero-order valence-electron chi connectivity index (χ0n) is 14.9. The molecule has 2 fully saturated rings. The molecule has 2 heterocycles. The standard InChI is InChI=1S/C20H27N3O2/c1-2-14-5-3-6-15-16(13-21-19(14)15)20(25)23-11-9-22(10-12-23)17-7-4-8-18(17)24/h3,5-6,13,17-18,21,24H,2,4,7-12H2,1H3/t17-,18+/m1/s1. The predicted octanol–water partition coefficient (Wildman–Crippen LogP) is 2.40. The number of aryl methyl sites for hydroxylation is 1. The number of H-pyrrole nitrogens is 1. The van der Waals surface area contributed by atoms with Gasteiger partial charge in [0, 0.05) is 49.3 Å². The summed E-state index contributed by atoms with van der Waals surface area (Å²) < 4.78 is 0. The molecule has 1 saturated heterocycles. The van der Waals surface area contributed by atoms with Gasteiger partial charge in [0.15, 0.2) is 0 Å². The summed E-state index contributed by atoms with van der Waals surface area (Å²) in [4.78, 5) is 20.6. The van der Waals surface area contributed by atoms with E-state index >= 15 is 0 Å². The van der Waals surface area contributed by atoms with Crippen LogP contribution in [0.5, 0.6) is 0 Å². The maximum atomic E-state index is 13.0. The van der Waals surface area contributed by atoms with E-state index in [4.69, 9.17) is 0 Å². The Hall–Kier alpha value is -1.85. The molecule has 5 heteroatoms. The maximum absolute atomic E-state index is 13.0. The van der Waals surface area contributed by atoms with Crippen LogP contribution in [-0.4, -0.2) is 64.1 Å².